The van der Waals surface area contributed by atoms with Crippen LogP contribution in [0.1, 0.15) is 19.3 Å². The molecule has 2 unspecified atom stereocenters. The molecule has 1 heterocycles. The molecule has 1 N–H and O–H groups in total. The van der Waals surface area contributed by atoms with Crippen LogP contribution in [0, 0.1) is 11.8 Å². The van der Waals surface area contributed by atoms with Crippen LogP contribution < -0.4 is 5.32 Å². The van der Waals surface area contributed by atoms with Crippen molar-refractivity contribution in [1.82, 2.24) is 5.32 Å². The van der Waals surface area contributed by atoms with Crippen molar-refractivity contribution in [2.75, 3.05) is 13.1 Å². The fourth-order valence-corrected chi connectivity index (χ4v) is 2.35. The SMILES string of the molecule is FC1(F)CCC2CNCCC21. The molecule has 0 spiro atoms. The Morgan fingerprint density at radius 2 is 2.09 bits per heavy atom. The number of alkyl halides is 2. The minimum Gasteiger partial charge on any atom is -0.316 e. The topological polar surface area (TPSA) is 12.0 Å². The molecule has 2 fully saturated rings. The summed E-state index contributed by atoms with van der Waals surface area (Å²) in [5.41, 5.74) is 0. The molecule has 0 aromatic rings. The van der Waals surface area contributed by atoms with Crippen molar-refractivity contribution in [2.45, 2.75) is 25.2 Å². The monoisotopic (exact) mass is 161 g/mol. The van der Waals surface area contributed by atoms with Gasteiger partial charge in [0.25, 0.3) is 5.92 Å². The third-order valence-electron chi connectivity index (χ3n) is 3.00. The van der Waals surface area contributed by atoms with Gasteiger partial charge in [-0.15, -0.1) is 0 Å². The van der Waals surface area contributed by atoms with E-state index in [-0.39, 0.29) is 18.3 Å². The first-order valence-corrected chi connectivity index (χ1v) is 4.29. The highest BCUT2D eigenvalue weighted by atomic mass is 19.3. The van der Waals surface area contributed by atoms with Gasteiger partial charge in [-0.25, -0.2) is 8.78 Å². The van der Waals surface area contributed by atoms with E-state index in [2.05, 4.69) is 5.32 Å². The van der Waals surface area contributed by atoms with Gasteiger partial charge in [-0.2, -0.15) is 0 Å². The molecule has 1 aliphatic carbocycles. The molecular formula is C8H13F2N. The molecule has 0 amide bonds. The molecule has 1 saturated carbocycles. The smallest absolute Gasteiger partial charge is 0.251 e. The third kappa shape index (κ3) is 1.15. The van der Waals surface area contributed by atoms with Crippen LogP contribution >= 0.6 is 0 Å². The van der Waals surface area contributed by atoms with Gasteiger partial charge in [-0.3, -0.25) is 0 Å². The molecule has 1 nitrogen and oxygen atoms in total. The van der Waals surface area contributed by atoms with Gasteiger partial charge in [-0.1, -0.05) is 0 Å². The Hall–Kier alpha value is -0.180. The summed E-state index contributed by atoms with van der Waals surface area (Å²) in [6.45, 7) is 1.58. The zero-order valence-corrected chi connectivity index (χ0v) is 6.45. The summed E-state index contributed by atoms with van der Waals surface area (Å²) >= 11 is 0. The fourth-order valence-electron chi connectivity index (χ4n) is 2.35. The highest BCUT2D eigenvalue weighted by molar-refractivity contribution is 4.93. The molecule has 11 heavy (non-hydrogen) atoms. The normalized spacial score (nSPS) is 42.0. The number of nitrogens with one attached hydrogen (secondary N) is 1. The lowest BCUT2D eigenvalue weighted by atomic mass is 9.88. The molecule has 0 aromatic heterocycles. The van der Waals surface area contributed by atoms with Gasteiger partial charge in [0.05, 0.1) is 0 Å². The summed E-state index contributed by atoms with van der Waals surface area (Å²) in [6, 6.07) is 0. The van der Waals surface area contributed by atoms with Gasteiger partial charge >= 0.3 is 0 Å². The lowest BCUT2D eigenvalue weighted by molar-refractivity contribution is -0.0531. The van der Waals surface area contributed by atoms with Gasteiger partial charge in [0.15, 0.2) is 0 Å². The Morgan fingerprint density at radius 3 is 2.82 bits per heavy atom. The van der Waals surface area contributed by atoms with E-state index in [1.807, 2.05) is 0 Å². The van der Waals surface area contributed by atoms with Gasteiger partial charge in [0.2, 0.25) is 0 Å². The highest BCUT2D eigenvalue weighted by Crippen LogP contribution is 2.46. The second-order valence-corrected chi connectivity index (χ2v) is 3.66. The first kappa shape index (κ1) is 7.47. The van der Waals surface area contributed by atoms with E-state index in [1.54, 1.807) is 0 Å². The first-order valence-electron chi connectivity index (χ1n) is 4.29. The highest BCUT2D eigenvalue weighted by Gasteiger charge is 2.50. The van der Waals surface area contributed by atoms with Gasteiger partial charge in [0, 0.05) is 12.3 Å². The quantitative estimate of drug-likeness (QED) is 0.569. The predicted octanol–water partition coefficient (Wildman–Crippen LogP) is 1.64. The Labute approximate surface area is 65.2 Å². The molecule has 1 saturated heterocycles. The Kier molecular flexibility index (Phi) is 1.63. The van der Waals surface area contributed by atoms with Crippen LogP contribution in [0.25, 0.3) is 0 Å². The molecule has 0 bridgehead atoms. The van der Waals surface area contributed by atoms with Crippen molar-refractivity contribution in [3.8, 4) is 0 Å². The molecule has 2 rings (SSSR count). The largest absolute Gasteiger partial charge is 0.316 e. The summed E-state index contributed by atoms with van der Waals surface area (Å²) in [6.07, 6.45) is 1.49. The summed E-state index contributed by atoms with van der Waals surface area (Å²) in [5, 5.41) is 3.16. The molecule has 2 atom stereocenters. The number of piperidine rings is 1. The first-order chi connectivity index (χ1) is 5.20. The van der Waals surface area contributed by atoms with E-state index in [4.69, 9.17) is 0 Å². The van der Waals surface area contributed by atoms with Crippen LogP contribution in [-0.4, -0.2) is 19.0 Å². The van der Waals surface area contributed by atoms with E-state index in [0.717, 1.165) is 13.1 Å². The maximum Gasteiger partial charge on any atom is 0.251 e. The maximum absolute atomic E-state index is 13.1. The van der Waals surface area contributed by atoms with Crippen LogP contribution in [0.2, 0.25) is 0 Å². The van der Waals surface area contributed by atoms with Gasteiger partial charge in [-0.05, 0) is 31.8 Å². The zero-order valence-electron chi connectivity index (χ0n) is 6.45. The van der Waals surface area contributed by atoms with Crippen LogP contribution in [0.15, 0.2) is 0 Å². The van der Waals surface area contributed by atoms with Crippen LogP contribution in [-0.2, 0) is 0 Å². The summed E-state index contributed by atoms with van der Waals surface area (Å²) in [5.74, 6) is -2.42. The van der Waals surface area contributed by atoms with Gasteiger partial charge < -0.3 is 5.32 Å². The Bertz CT molecular complexity index is 158. The second kappa shape index (κ2) is 2.41. The minimum absolute atomic E-state index is 0.115. The lowest BCUT2D eigenvalue weighted by Gasteiger charge is -2.29. The second-order valence-electron chi connectivity index (χ2n) is 3.66. The van der Waals surface area contributed by atoms with Crippen molar-refractivity contribution >= 4 is 0 Å². The van der Waals surface area contributed by atoms with E-state index in [1.165, 1.54) is 0 Å². The third-order valence-corrected chi connectivity index (χ3v) is 3.00. The van der Waals surface area contributed by atoms with Crippen molar-refractivity contribution in [3.05, 3.63) is 0 Å². The van der Waals surface area contributed by atoms with Crippen molar-refractivity contribution in [1.29, 1.82) is 0 Å². The average molecular weight is 161 g/mol. The minimum atomic E-state index is -2.35. The Morgan fingerprint density at radius 1 is 1.27 bits per heavy atom. The van der Waals surface area contributed by atoms with E-state index < -0.39 is 5.92 Å². The van der Waals surface area contributed by atoms with E-state index >= 15 is 0 Å². The van der Waals surface area contributed by atoms with Crippen LogP contribution in [0.5, 0.6) is 0 Å². The Balaban J connectivity index is 2.10. The molecule has 0 radical (unpaired) electrons. The average Bonchev–Trinajstić information content (AvgIpc) is 2.29. The van der Waals surface area contributed by atoms with Crippen molar-refractivity contribution in [3.63, 3.8) is 0 Å². The summed E-state index contributed by atoms with van der Waals surface area (Å²) < 4.78 is 26.1. The summed E-state index contributed by atoms with van der Waals surface area (Å²) in [7, 11) is 0. The molecule has 1 aliphatic heterocycles. The number of rotatable bonds is 0. The van der Waals surface area contributed by atoms with Crippen molar-refractivity contribution < 1.29 is 8.78 Å². The van der Waals surface area contributed by atoms with Crippen molar-refractivity contribution in [2.24, 2.45) is 11.8 Å². The molecule has 64 valence electrons. The molecule has 2 aliphatic rings. The van der Waals surface area contributed by atoms with E-state index in [9.17, 15) is 8.78 Å². The zero-order chi connectivity index (χ0) is 7.90. The summed E-state index contributed by atoms with van der Waals surface area (Å²) in [4.78, 5) is 0. The lowest BCUT2D eigenvalue weighted by Crippen LogP contribution is -2.39. The number of hydrogen-bond donors (Lipinski definition) is 1. The van der Waals surface area contributed by atoms with Crippen LogP contribution in [0.3, 0.4) is 0 Å². The maximum atomic E-state index is 13.1. The number of hydrogen-bond acceptors (Lipinski definition) is 1. The molecule has 0 aromatic carbocycles. The standard InChI is InChI=1S/C8H13F2N/c9-8(10)3-1-6-5-11-4-2-7(6)8/h6-7,11H,1-5H2. The van der Waals surface area contributed by atoms with Crippen LogP contribution in [0.4, 0.5) is 8.78 Å². The van der Waals surface area contributed by atoms with E-state index in [0.29, 0.717) is 12.8 Å². The fraction of sp³-hybridized carbons (Fsp3) is 1.00. The molecule has 3 heteroatoms. The molecular weight excluding hydrogens is 148 g/mol. The number of halogens is 2. The predicted molar refractivity (Wildman–Crippen MR) is 38.6 cm³/mol. The number of fused-ring (bicyclic) bond motifs is 1. The van der Waals surface area contributed by atoms with Gasteiger partial charge in [0.1, 0.15) is 0 Å².